The highest BCUT2D eigenvalue weighted by Gasteiger charge is 2.10. The molecular formula is C17H28IN3O2. The number of hydrogen-bond donors (Lipinski definition) is 3. The molecule has 1 aliphatic rings. The van der Waals surface area contributed by atoms with E-state index < -0.39 is 6.10 Å². The molecule has 0 saturated heterocycles. The smallest absolute Gasteiger partial charge is 0.191 e. The van der Waals surface area contributed by atoms with Gasteiger partial charge in [0.25, 0.3) is 0 Å². The number of guanidine groups is 1. The Balaban J connectivity index is 0.00000264. The van der Waals surface area contributed by atoms with Crippen LogP contribution in [-0.4, -0.2) is 30.7 Å². The lowest BCUT2D eigenvalue weighted by atomic mass is 9.97. The van der Waals surface area contributed by atoms with E-state index in [2.05, 4.69) is 21.7 Å². The minimum absolute atomic E-state index is 0. The average molecular weight is 433 g/mol. The number of furan rings is 1. The van der Waals surface area contributed by atoms with Gasteiger partial charge in [-0.15, -0.1) is 24.0 Å². The fourth-order valence-corrected chi connectivity index (χ4v) is 2.56. The second kappa shape index (κ2) is 11.5. The van der Waals surface area contributed by atoms with Crippen LogP contribution < -0.4 is 10.6 Å². The number of nitrogens with zero attached hydrogens (tertiary/aromatic N) is 1. The monoisotopic (exact) mass is 433 g/mol. The second-order valence-electron chi connectivity index (χ2n) is 5.54. The van der Waals surface area contributed by atoms with E-state index in [0.29, 0.717) is 5.76 Å². The van der Waals surface area contributed by atoms with E-state index >= 15 is 0 Å². The summed E-state index contributed by atoms with van der Waals surface area (Å²) >= 11 is 0. The normalized spacial score (nSPS) is 16.3. The Morgan fingerprint density at radius 2 is 2.26 bits per heavy atom. The molecular weight excluding hydrogens is 405 g/mol. The summed E-state index contributed by atoms with van der Waals surface area (Å²) in [7, 11) is 0. The summed E-state index contributed by atoms with van der Waals surface area (Å²) in [6.07, 6.45) is 9.38. The fraction of sp³-hybridized carbons (Fsp3) is 0.588. The van der Waals surface area contributed by atoms with Crippen LogP contribution in [0.2, 0.25) is 0 Å². The number of aliphatic hydroxyl groups is 1. The largest absolute Gasteiger partial charge is 0.467 e. The molecule has 0 bridgehead atoms. The zero-order chi connectivity index (χ0) is 15.6. The number of nitrogens with one attached hydrogen (secondary N) is 2. The van der Waals surface area contributed by atoms with Gasteiger partial charge in [-0.2, -0.15) is 0 Å². The maximum Gasteiger partial charge on any atom is 0.191 e. The molecule has 1 aromatic rings. The first kappa shape index (κ1) is 20.0. The van der Waals surface area contributed by atoms with Gasteiger partial charge in [-0.3, -0.25) is 4.99 Å². The maximum atomic E-state index is 9.99. The molecule has 6 heteroatoms. The van der Waals surface area contributed by atoms with Gasteiger partial charge >= 0.3 is 0 Å². The third kappa shape index (κ3) is 7.39. The fourth-order valence-electron chi connectivity index (χ4n) is 2.56. The van der Waals surface area contributed by atoms with Gasteiger partial charge in [-0.25, -0.2) is 0 Å². The van der Waals surface area contributed by atoms with E-state index in [-0.39, 0.29) is 30.5 Å². The van der Waals surface area contributed by atoms with Crippen LogP contribution in [0.15, 0.2) is 39.5 Å². The summed E-state index contributed by atoms with van der Waals surface area (Å²) in [4.78, 5) is 4.42. The van der Waals surface area contributed by atoms with Crippen molar-refractivity contribution < 1.29 is 9.52 Å². The Hall–Kier alpha value is -1.02. The van der Waals surface area contributed by atoms with Crippen LogP contribution in [-0.2, 0) is 0 Å². The Morgan fingerprint density at radius 3 is 2.91 bits per heavy atom. The summed E-state index contributed by atoms with van der Waals surface area (Å²) in [5.74, 6) is 1.29. The summed E-state index contributed by atoms with van der Waals surface area (Å²) < 4.78 is 5.18. The van der Waals surface area contributed by atoms with Gasteiger partial charge in [0, 0.05) is 13.1 Å². The first-order valence-electron chi connectivity index (χ1n) is 8.21. The quantitative estimate of drug-likeness (QED) is 0.267. The van der Waals surface area contributed by atoms with Crippen molar-refractivity contribution in [3.05, 3.63) is 35.8 Å². The summed E-state index contributed by atoms with van der Waals surface area (Å²) in [5, 5.41) is 16.5. The molecule has 0 spiro atoms. The highest BCUT2D eigenvalue weighted by molar-refractivity contribution is 14.0. The van der Waals surface area contributed by atoms with Crippen LogP contribution in [0.1, 0.15) is 50.9 Å². The summed E-state index contributed by atoms with van der Waals surface area (Å²) in [6, 6.07) is 3.53. The lowest BCUT2D eigenvalue weighted by molar-refractivity contribution is 0.158. The number of allylic oxidation sites excluding steroid dienone is 1. The third-order valence-electron chi connectivity index (χ3n) is 3.76. The number of rotatable bonds is 7. The zero-order valence-corrected chi connectivity index (χ0v) is 16.1. The van der Waals surface area contributed by atoms with Gasteiger partial charge in [0.05, 0.1) is 12.8 Å². The van der Waals surface area contributed by atoms with E-state index in [1.54, 1.807) is 24.0 Å². The van der Waals surface area contributed by atoms with E-state index in [1.165, 1.54) is 25.7 Å². The van der Waals surface area contributed by atoms with Crippen molar-refractivity contribution in [2.75, 3.05) is 19.6 Å². The van der Waals surface area contributed by atoms with E-state index in [9.17, 15) is 5.11 Å². The van der Waals surface area contributed by atoms with Crippen molar-refractivity contribution in [1.29, 1.82) is 0 Å². The Kier molecular flexibility index (Phi) is 10.0. The SMILES string of the molecule is CCNC(=NCC(O)c1ccco1)NCCC1=CCCCC1.I. The van der Waals surface area contributed by atoms with Gasteiger partial charge in [-0.1, -0.05) is 11.6 Å². The Bertz CT molecular complexity index is 486. The van der Waals surface area contributed by atoms with Crippen LogP contribution in [0, 0.1) is 0 Å². The third-order valence-corrected chi connectivity index (χ3v) is 3.76. The zero-order valence-electron chi connectivity index (χ0n) is 13.8. The van der Waals surface area contributed by atoms with Crippen LogP contribution in [0.3, 0.4) is 0 Å². The van der Waals surface area contributed by atoms with Gasteiger partial charge in [-0.05, 0) is 51.2 Å². The van der Waals surface area contributed by atoms with Crippen LogP contribution in [0.4, 0.5) is 0 Å². The topological polar surface area (TPSA) is 69.8 Å². The molecule has 0 aliphatic heterocycles. The van der Waals surface area contributed by atoms with Gasteiger partial charge in [0.2, 0.25) is 0 Å². The molecule has 5 nitrogen and oxygen atoms in total. The Labute approximate surface area is 155 Å². The first-order valence-corrected chi connectivity index (χ1v) is 8.21. The standard InChI is InChI=1S/C17H27N3O2.HI/c1-2-18-17(19-11-10-14-7-4-3-5-8-14)20-13-15(21)16-9-6-12-22-16;/h6-7,9,12,15,21H,2-5,8,10-11,13H2,1H3,(H2,18,19,20);1H. The van der Waals surface area contributed by atoms with Crippen molar-refractivity contribution in [3.63, 3.8) is 0 Å². The predicted octanol–water partition coefficient (Wildman–Crippen LogP) is 3.38. The molecule has 1 unspecified atom stereocenters. The summed E-state index contributed by atoms with van der Waals surface area (Å²) in [6.45, 7) is 3.98. The molecule has 0 saturated carbocycles. The van der Waals surface area contributed by atoms with Crippen molar-refractivity contribution in [1.82, 2.24) is 10.6 Å². The lowest BCUT2D eigenvalue weighted by Crippen LogP contribution is -2.38. The molecule has 0 amide bonds. The predicted molar refractivity (Wildman–Crippen MR) is 104 cm³/mol. The van der Waals surface area contributed by atoms with E-state index in [4.69, 9.17) is 4.42 Å². The van der Waals surface area contributed by atoms with Gasteiger partial charge in [0.15, 0.2) is 5.96 Å². The molecule has 1 heterocycles. The Morgan fingerprint density at radius 1 is 1.39 bits per heavy atom. The molecule has 2 rings (SSSR count). The molecule has 0 aromatic carbocycles. The van der Waals surface area contributed by atoms with Crippen molar-refractivity contribution in [2.24, 2.45) is 4.99 Å². The molecule has 1 aromatic heterocycles. The first-order chi connectivity index (χ1) is 10.8. The number of halogens is 1. The molecule has 23 heavy (non-hydrogen) atoms. The highest BCUT2D eigenvalue weighted by atomic mass is 127. The molecule has 130 valence electrons. The molecule has 3 N–H and O–H groups in total. The van der Waals surface area contributed by atoms with Crippen LogP contribution in [0.25, 0.3) is 0 Å². The number of aliphatic hydroxyl groups excluding tert-OH is 1. The van der Waals surface area contributed by atoms with E-state index in [1.807, 2.05) is 6.92 Å². The molecule has 1 aliphatic carbocycles. The minimum Gasteiger partial charge on any atom is -0.467 e. The van der Waals surface area contributed by atoms with Gasteiger partial charge < -0.3 is 20.2 Å². The molecule has 1 atom stereocenters. The maximum absolute atomic E-state index is 9.99. The highest BCUT2D eigenvalue weighted by Crippen LogP contribution is 2.19. The molecule has 0 radical (unpaired) electrons. The minimum atomic E-state index is -0.702. The van der Waals surface area contributed by atoms with Crippen molar-refractivity contribution >= 4 is 29.9 Å². The molecule has 0 fully saturated rings. The van der Waals surface area contributed by atoms with Crippen molar-refractivity contribution in [2.45, 2.75) is 45.1 Å². The van der Waals surface area contributed by atoms with E-state index in [0.717, 1.165) is 25.5 Å². The lowest BCUT2D eigenvalue weighted by Gasteiger charge is -2.15. The van der Waals surface area contributed by atoms with Crippen LogP contribution in [0.5, 0.6) is 0 Å². The van der Waals surface area contributed by atoms with Gasteiger partial charge in [0.1, 0.15) is 11.9 Å². The average Bonchev–Trinajstić information content (AvgIpc) is 3.08. The number of aliphatic imine (C=N–C) groups is 1. The van der Waals surface area contributed by atoms with Crippen LogP contribution >= 0.6 is 24.0 Å². The van der Waals surface area contributed by atoms with Crippen molar-refractivity contribution in [3.8, 4) is 0 Å². The summed E-state index contributed by atoms with van der Waals surface area (Å²) in [5.41, 5.74) is 1.55. The second-order valence-corrected chi connectivity index (χ2v) is 5.54. The number of hydrogen-bond acceptors (Lipinski definition) is 3.